The average Bonchev–Trinajstić information content (AvgIpc) is 3.27. The molecule has 30 heavy (non-hydrogen) atoms. The summed E-state index contributed by atoms with van der Waals surface area (Å²) < 4.78 is 40.1. The number of sulfone groups is 1. The zero-order chi connectivity index (χ0) is 21.5. The van der Waals surface area contributed by atoms with Crippen LogP contribution in [0, 0.1) is 0 Å². The number of amides is 1. The zero-order valence-corrected chi connectivity index (χ0v) is 17.4. The minimum absolute atomic E-state index is 0.199. The van der Waals surface area contributed by atoms with E-state index in [0.717, 1.165) is 11.8 Å². The molecule has 8 nitrogen and oxygen atoms in total. The second kappa shape index (κ2) is 7.17. The number of hydrogen-bond acceptors (Lipinski definition) is 7. The van der Waals surface area contributed by atoms with Gasteiger partial charge in [-0.25, -0.2) is 8.42 Å². The first-order valence-corrected chi connectivity index (χ1v) is 11.1. The average molecular weight is 428 g/mol. The largest absolute Gasteiger partial charge is 0.487 e. The number of carbonyl (C=O) groups is 1. The Balaban J connectivity index is 1.68. The fraction of sp³-hybridized carbons (Fsp3) is 0.238. The molecule has 0 saturated carbocycles. The fourth-order valence-electron chi connectivity index (χ4n) is 3.21. The summed E-state index contributed by atoms with van der Waals surface area (Å²) >= 11 is 0. The molecule has 0 saturated heterocycles. The molecule has 2 aromatic carbocycles. The Bertz CT molecular complexity index is 1200. The van der Waals surface area contributed by atoms with E-state index in [1.165, 1.54) is 24.5 Å². The topological polar surface area (TPSA) is 108 Å². The van der Waals surface area contributed by atoms with Crippen LogP contribution in [-0.4, -0.2) is 31.3 Å². The summed E-state index contributed by atoms with van der Waals surface area (Å²) in [5.74, 6) is 1.38. The lowest BCUT2D eigenvalue weighted by Gasteiger charge is -2.16. The smallest absolute Gasteiger partial charge is 0.257 e. The minimum Gasteiger partial charge on any atom is -0.487 e. The maximum Gasteiger partial charge on any atom is 0.257 e. The highest BCUT2D eigenvalue weighted by Crippen LogP contribution is 2.43. The van der Waals surface area contributed by atoms with Crippen molar-refractivity contribution in [3.05, 3.63) is 59.9 Å². The Morgan fingerprint density at radius 3 is 2.53 bits per heavy atom. The molecule has 3 aromatic rings. The molecule has 0 atom stereocenters. The second-order valence-electron chi connectivity index (χ2n) is 7.67. The highest BCUT2D eigenvalue weighted by Gasteiger charge is 2.34. The first-order chi connectivity index (χ1) is 14.1. The van der Waals surface area contributed by atoms with E-state index in [4.69, 9.17) is 14.0 Å². The van der Waals surface area contributed by atoms with Crippen LogP contribution in [0.2, 0.25) is 0 Å². The van der Waals surface area contributed by atoms with Gasteiger partial charge in [-0.1, -0.05) is 5.16 Å². The molecule has 0 fully saturated rings. The zero-order valence-electron chi connectivity index (χ0n) is 16.6. The Hall–Kier alpha value is -3.33. The Labute approximate surface area is 173 Å². The highest BCUT2D eigenvalue weighted by atomic mass is 32.2. The summed E-state index contributed by atoms with van der Waals surface area (Å²) in [5, 5.41) is 6.32. The van der Waals surface area contributed by atoms with Crippen LogP contribution in [0.3, 0.4) is 0 Å². The maximum absolute atomic E-state index is 12.7. The summed E-state index contributed by atoms with van der Waals surface area (Å²) in [6.45, 7) is 3.90. The van der Waals surface area contributed by atoms with Gasteiger partial charge in [-0.05, 0) is 50.2 Å². The fourth-order valence-corrected chi connectivity index (χ4v) is 3.84. The predicted octanol–water partition coefficient (Wildman–Crippen LogP) is 3.84. The van der Waals surface area contributed by atoms with Gasteiger partial charge in [-0.2, -0.15) is 0 Å². The quantitative estimate of drug-likeness (QED) is 0.658. The van der Waals surface area contributed by atoms with Crippen LogP contribution in [0.1, 0.15) is 29.8 Å². The van der Waals surface area contributed by atoms with Gasteiger partial charge in [0.1, 0.15) is 29.1 Å². The first-order valence-electron chi connectivity index (χ1n) is 9.16. The summed E-state index contributed by atoms with van der Waals surface area (Å²) in [4.78, 5) is 12.9. The van der Waals surface area contributed by atoms with Crippen molar-refractivity contribution in [1.82, 2.24) is 5.16 Å². The van der Waals surface area contributed by atoms with Crippen LogP contribution >= 0.6 is 0 Å². The molecular weight excluding hydrogens is 408 g/mol. The predicted molar refractivity (Wildman–Crippen MR) is 109 cm³/mol. The van der Waals surface area contributed by atoms with Crippen LogP contribution in [0.4, 0.5) is 5.82 Å². The maximum atomic E-state index is 12.7. The third-order valence-corrected chi connectivity index (χ3v) is 5.71. The second-order valence-corrected chi connectivity index (χ2v) is 9.69. The van der Waals surface area contributed by atoms with Crippen molar-refractivity contribution in [2.45, 2.75) is 30.8 Å². The highest BCUT2D eigenvalue weighted by molar-refractivity contribution is 7.90. The van der Waals surface area contributed by atoms with Gasteiger partial charge in [0.15, 0.2) is 15.7 Å². The number of rotatable bonds is 5. The third-order valence-electron chi connectivity index (χ3n) is 4.58. The molecule has 2 heterocycles. The number of nitrogens with one attached hydrogen (secondary N) is 1. The van der Waals surface area contributed by atoms with Crippen LogP contribution in [-0.2, 0) is 16.3 Å². The van der Waals surface area contributed by atoms with Gasteiger partial charge >= 0.3 is 0 Å². The molecule has 1 N–H and O–H groups in total. The van der Waals surface area contributed by atoms with Crippen LogP contribution in [0.25, 0.3) is 0 Å². The lowest BCUT2D eigenvalue weighted by molar-refractivity contribution is 0.102. The normalized spacial score (nSPS) is 14.6. The van der Waals surface area contributed by atoms with E-state index >= 15 is 0 Å². The standard InChI is InChI=1S/C21H20N2O6S/c1-21(2)12-16-17(28-14-4-6-15(7-5-14)30(3,25)26)10-13(11-18(16)29-21)20(24)22-19-8-9-27-23-19/h4-11H,12H2,1-3H3,(H,22,23,24). The van der Waals surface area contributed by atoms with Gasteiger partial charge in [0, 0.05) is 29.9 Å². The molecule has 1 aliphatic heterocycles. The molecule has 9 heteroatoms. The van der Waals surface area contributed by atoms with E-state index in [9.17, 15) is 13.2 Å². The number of anilines is 1. The summed E-state index contributed by atoms with van der Waals surface area (Å²) in [7, 11) is -3.30. The van der Waals surface area contributed by atoms with Crippen molar-refractivity contribution in [3.63, 3.8) is 0 Å². The van der Waals surface area contributed by atoms with Crippen molar-refractivity contribution in [2.24, 2.45) is 0 Å². The van der Waals surface area contributed by atoms with Gasteiger partial charge in [-0.15, -0.1) is 0 Å². The van der Waals surface area contributed by atoms with Crippen molar-refractivity contribution in [1.29, 1.82) is 0 Å². The van der Waals surface area contributed by atoms with E-state index in [-0.39, 0.29) is 4.90 Å². The molecule has 0 bridgehead atoms. The Kier molecular flexibility index (Phi) is 4.77. The SMILES string of the molecule is CC1(C)Cc2c(Oc3ccc(S(C)(=O)=O)cc3)cc(C(=O)Nc3ccon3)cc2O1. The van der Waals surface area contributed by atoms with E-state index in [0.29, 0.717) is 35.1 Å². The van der Waals surface area contributed by atoms with E-state index in [1.54, 1.807) is 24.3 Å². The van der Waals surface area contributed by atoms with Gasteiger partial charge < -0.3 is 19.3 Å². The molecule has 0 unspecified atom stereocenters. The number of fused-ring (bicyclic) bond motifs is 1. The van der Waals surface area contributed by atoms with E-state index in [2.05, 4.69) is 10.5 Å². The van der Waals surface area contributed by atoms with E-state index in [1.807, 2.05) is 13.8 Å². The Morgan fingerprint density at radius 2 is 1.90 bits per heavy atom. The number of aromatic nitrogens is 1. The molecule has 0 spiro atoms. The van der Waals surface area contributed by atoms with Gasteiger partial charge in [0.05, 0.1) is 4.90 Å². The summed E-state index contributed by atoms with van der Waals surface area (Å²) in [5.41, 5.74) is 0.726. The number of benzene rings is 2. The van der Waals surface area contributed by atoms with Crippen LogP contribution in [0.5, 0.6) is 17.2 Å². The van der Waals surface area contributed by atoms with Crippen molar-refractivity contribution in [3.8, 4) is 17.2 Å². The van der Waals surface area contributed by atoms with Crippen LogP contribution in [0.15, 0.2) is 58.1 Å². The van der Waals surface area contributed by atoms with Crippen LogP contribution < -0.4 is 14.8 Å². The van der Waals surface area contributed by atoms with Gasteiger partial charge in [-0.3, -0.25) is 4.79 Å². The Morgan fingerprint density at radius 1 is 1.17 bits per heavy atom. The van der Waals surface area contributed by atoms with Crippen molar-refractivity contribution >= 4 is 21.6 Å². The lowest BCUT2D eigenvalue weighted by Crippen LogP contribution is -2.24. The monoisotopic (exact) mass is 428 g/mol. The van der Waals surface area contributed by atoms with Gasteiger partial charge in [0.2, 0.25) is 0 Å². The molecule has 1 aliphatic rings. The minimum atomic E-state index is -3.30. The number of carbonyl (C=O) groups excluding carboxylic acids is 1. The van der Waals surface area contributed by atoms with Gasteiger partial charge in [0.25, 0.3) is 5.91 Å². The van der Waals surface area contributed by atoms with Crippen molar-refractivity contribution in [2.75, 3.05) is 11.6 Å². The molecule has 1 aromatic heterocycles. The first kappa shape index (κ1) is 20.0. The van der Waals surface area contributed by atoms with Crippen molar-refractivity contribution < 1.29 is 27.2 Å². The molecule has 4 rings (SSSR count). The lowest BCUT2D eigenvalue weighted by atomic mass is 9.99. The number of nitrogens with zero attached hydrogens (tertiary/aromatic N) is 1. The summed E-state index contributed by atoms with van der Waals surface area (Å²) in [6, 6.07) is 10.9. The van der Waals surface area contributed by atoms with E-state index < -0.39 is 21.3 Å². The number of hydrogen-bond donors (Lipinski definition) is 1. The summed E-state index contributed by atoms with van der Waals surface area (Å²) in [6.07, 6.45) is 3.11. The molecule has 1 amide bonds. The number of ether oxygens (including phenoxy) is 2. The third kappa shape index (κ3) is 4.16. The molecule has 0 radical (unpaired) electrons. The molecule has 156 valence electrons. The molecule has 0 aliphatic carbocycles. The molecular formula is C21H20N2O6S.